The Morgan fingerprint density at radius 3 is 2.06 bits per heavy atom. The van der Waals surface area contributed by atoms with Crippen molar-refractivity contribution in [3.05, 3.63) is 0 Å². The van der Waals surface area contributed by atoms with E-state index in [1.165, 1.54) is 0 Å². The summed E-state index contributed by atoms with van der Waals surface area (Å²) in [5.41, 5.74) is 4.17. The lowest BCUT2D eigenvalue weighted by atomic mass is 9.77. The van der Waals surface area contributed by atoms with E-state index in [0.29, 0.717) is 6.54 Å². The van der Waals surface area contributed by atoms with E-state index in [1.807, 2.05) is 41.5 Å². The van der Waals surface area contributed by atoms with Crippen LogP contribution < -0.4 is 21.7 Å². The first-order valence-electron chi connectivity index (χ1n) is 13.0. The Morgan fingerprint density at radius 2 is 1.61 bits per heavy atom. The minimum Gasteiger partial charge on any atom is -0.381 e. The SMILES string of the molecule is CC(C)(C)NC(=O)N[C@H](C(=O)N1CC2C([C@H]1C(=O)N[C@H](C1CCC1)C(O)C(N)=O)C2(C)C)C(C)(C)C. The molecule has 0 aromatic rings. The maximum absolute atomic E-state index is 13.9. The Hall–Kier alpha value is -2.36. The number of carbonyl (C=O) groups is 4. The third kappa shape index (κ3) is 5.63. The van der Waals surface area contributed by atoms with Crippen molar-refractivity contribution >= 4 is 23.8 Å². The molecule has 3 aliphatic rings. The molecular formula is C26H45N5O5. The number of fused-ring (bicyclic) bond motifs is 1. The van der Waals surface area contributed by atoms with Crippen LogP contribution in [0.2, 0.25) is 0 Å². The van der Waals surface area contributed by atoms with Crippen molar-refractivity contribution in [3.8, 4) is 0 Å². The van der Waals surface area contributed by atoms with Gasteiger partial charge in [-0.15, -0.1) is 0 Å². The highest BCUT2D eigenvalue weighted by Gasteiger charge is 2.70. The number of hydrogen-bond donors (Lipinski definition) is 5. The van der Waals surface area contributed by atoms with Crippen molar-refractivity contribution in [2.45, 2.75) is 104 Å². The van der Waals surface area contributed by atoms with E-state index in [4.69, 9.17) is 5.73 Å². The molecule has 3 unspecified atom stereocenters. The van der Waals surface area contributed by atoms with E-state index in [9.17, 15) is 24.3 Å². The molecule has 1 saturated heterocycles. The van der Waals surface area contributed by atoms with Gasteiger partial charge in [0.2, 0.25) is 17.7 Å². The number of aliphatic hydroxyl groups excluding tert-OH is 1. The van der Waals surface area contributed by atoms with E-state index in [-0.39, 0.29) is 35.0 Å². The van der Waals surface area contributed by atoms with Gasteiger partial charge in [0.15, 0.2) is 6.10 Å². The number of nitrogens with two attached hydrogens (primary N) is 1. The lowest BCUT2D eigenvalue weighted by Gasteiger charge is -2.40. The number of amides is 5. The van der Waals surface area contributed by atoms with Crippen LogP contribution in [0.3, 0.4) is 0 Å². The first-order chi connectivity index (χ1) is 16.4. The van der Waals surface area contributed by atoms with Crippen LogP contribution in [0, 0.1) is 28.6 Å². The van der Waals surface area contributed by atoms with Crippen LogP contribution in [-0.4, -0.2) is 70.1 Å². The van der Waals surface area contributed by atoms with Gasteiger partial charge in [-0.05, 0) is 62.2 Å². The number of carbonyl (C=O) groups excluding carboxylic acids is 4. The molecule has 10 nitrogen and oxygen atoms in total. The molecule has 2 aliphatic carbocycles. The number of primary amides is 1. The predicted molar refractivity (Wildman–Crippen MR) is 135 cm³/mol. The second-order valence-electron chi connectivity index (χ2n) is 13.6. The molecule has 0 aromatic heterocycles. The molecule has 6 N–H and O–H groups in total. The summed E-state index contributed by atoms with van der Waals surface area (Å²) >= 11 is 0. The normalized spacial score (nSPS) is 27.7. The molecule has 6 atom stereocenters. The molecule has 5 amide bonds. The maximum Gasteiger partial charge on any atom is 0.315 e. The fourth-order valence-electron chi connectivity index (χ4n) is 5.82. The highest BCUT2D eigenvalue weighted by Crippen LogP contribution is 2.65. The third-order valence-corrected chi connectivity index (χ3v) is 8.24. The van der Waals surface area contributed by atoms with Gasteiger partial charge >= 0.3 is 6.03 Å². The fraction of sp³-hybridized carbons (Fsp3) is 0.846. The molecule has 2 saturated carbocycles. The molecule has 36 heavy (non-hydrogen) atoms. The largest absolute Gasteiger partial charge is 0.381 e. The Bertz CT molecular complexity index is 901. The number of hydrogen-bond acceptors (Lipinski definition) is 5. The van der Waals surface area contributed by atoms with Gasteiger partial charge in [0.25, 0.3) is 0 Å². The zero-order valence-corrected chi connectivity index (χ0v) is 23.0. The molecule has 0 spiro atoms. The summed E-state index contributed by atoms with van der Waals surface area (Å²) in [5.74, 6) is -1.49. The van der Waals surface area contributed by atoms with E-state index in [0.717, 1.165) is 19.3 Å². The maximum atomic E-state index is 13.9. The first-order valence-corrected chi connectivity index (χ1v) is 13.0. The van der Waals surface area contributed by atoms with E-state index in [1.54, 1.807) is 4.90 Å². The zero-order valence-electron chi connectivity index (χ0n) is 23.0. The first kappa shape index (κ1) is 28.2. The summed E-state index contributed by atoms with van der Waals surface area (Å²) in [6.45, 7) is 15.8. The predicted octanol–water partition coefficient (Wildman–Crippen LogP) is 1.11. The van der Waals surface area contributed by atoms with Gasteiger partial charge in [-0.2, -0.15) is 0 Å². The zero-order chi connectivity index (χ0) is 27.4. The van der Waals surface area contributed by atoms with Gasteiger partial charge in [0, 0.05) is 12.1 Å². The standard InChI is InChI=1S/C26H45N5O5/c1-24(2,3)19(29-23(36)30-25(4,5)6)22(35)31-12-14-15(26(14,7)8)17(31)21(34)28-16(13-10-9-11-13)18(32)20(27)33/h13-19,32H,9-12H2,1-8H3,(H2,27,33)(H,28,34)(H2,29,30,36)/t14?,15?,16-,17+,18?,19-/m1/s1. The van der Waals surface area contributed by atoms with Crippen LogP contribution in [-0.2, 0) is 14.4 Å². The molecule has 3 rings (SSSR count). The molecular weight excluding hydrogens is 462 g/mol. The highest BCUT2D eigenvalue weighted by atomic mass is 16.3. The summed E-state index contributed by atoms with van der Waals surface area (Å²) in [4.78, 5) is 53.6. The average Bonchev–Trinajstić information content (AvgIpc) is 3.02. The van der Waals surface area contributed by atoms with E-state index >= 15 is 0 Å². The van der Waals surface area contributed by atoms with Gasteiger partial charge in [0.1, 0.15) is 12.1 Å². The summed E-state index contributed by atoms with van der Waals surface area (Å²) in [7, 11) is 0. The third-order valence-electron chi connectivity index (χ3n) is 8.24. The molecule has 0 bridgehead atoms. The highest BCUT2D eigenvalue weighted by molar-refractivity contribution is 5.94. The topological polar surface area (TPSA) is 154 Å². The van der Waals surface area contributed by atoms with Crippen LogP contribution in [0.25, 0.3) is 0 Å². The molecule has 3 fully saturated rings. The summed E-state index contributed by atoms with van der Waals surface area (Å²) in [6.07, 6.45) is 1.06. The Balaban J connectivity index is 1.84. The van der Waals surface area contributed by atoms with Crippen LogP contribution >= 0.6 is 0 Å². The molecule has 10 heteroatoms. The minimum absolute atomic E-state index is 0.0323. The Labute approximate surface area is 214 Å². The lowest BCUT2D eigenvalue weighted by Crippen LogP contribution is -2.63. The number of nitrogens with one attached hydrogen (secondary N) is 3. The van der Waals surface area contributed by atoms with E-state index < -0.39 is 47.1 Å². The number of likely N-dealkylation sites (tertiary alicyclic amines) is 1. The van der Waals surface area contributed by atoms with Crippen molar-refractivity contribution in [3.63, 3.8) is 0 Å². The second kappa shape index (κ2) is 9.50. The van der Waals surface area contributed by atoms with Crippen LogP contribution in [0.15, 0.2) is 0 Å². The number of piperidine rings is 1. The van der Waals surface area contributed by atoms with Crippen LogP contribution in [0.1, 0.15) is 74.7 Å². The van der Waals surface area contributed by atoms with Crippen molar-refractivity contribution in [2.24, 2.45) is 34.3 Å². The molecule has 0 radical (unpaired) electrons. The monoisotopic (exact) mass is 507 g/mol. The number of nitrogens with zero attached hydrogens (tertiary/aromatic N) is 1. The van der Waals surface area contributed by atoms with Crippen molar-refractivity contribution in [2.75, 3.05) is 6.54 Å². The Morgan fingerprint density at radius 1 is 1.03 bits per heavy atom. The van der Waals surface area contributed by atoms with Crippen LogP contribution in [0.4, 0.5) is 4.79 Å². The second-order valence-corrected chi connectivity index (χ2v) is 13.6. The quantitative estimate of drug-likeness (QED) is 0.349. The summed E-state index contributed by atoms with van der Waals surface area (Å²) < 4.78 is 0. The average molecular weight is 508 g/mol. The van der Waals surface area contributed by atoms with Gasteiger partial charge in [-0.25, -0.2) is 4.79 Å². The Kier molecular flexibility index (Phi) is 7.45. The summed E-state index contributed by atoms with van der Waals surface area (Å²) in [6, 6.07) is -2.83. The lowest BCUT2D eigenvalue weighted by molar-refractivity contribution is -0.145. The van der Waals surface area contributed by atoms with Crippen molar-refractivity contribution < 1.29 is 24.3 Å². The van der Waals surface area contributed by atoms with Crippen LogP contribution in [0.5, 0.6) is 0 Å². The number of urea groups is 1. The van der Waals surface area contributed by atoms with Gasteiger partial charge in [-0.3, -0.25) is 14.4 Å². The minimum atomic E-state index is -1.49. The van der Waals surface area contributed by atoms with Gasteiger partial charge < -0.3 is 31.7 Å². The summed E-state index contributed by atoms with van der Waals surface area (Å²) in [5, 5.41) is 19.0. The van der Waals surface area contributed by atoms with Crippen molar-refractivity contribution in [1.82, 2.24) is 20.9 Å². The molecule has 0 aromatic carbocycles. The van der Waals surface area contributed by atoms with E-state index in [2.05, 4.69) is 29.8 Å². The fourth-order valence-corrected chi connectivity index (χ4v) is 5.82. The molecule has 1 heterocycles. The smallest absolute Gasteiger partial charge is 0.315 e. The molecule has 1 aliphatic heterocycles. The number of aliphatic hydroxyl groups is 1. The van der Waals surface area contributed by atoms with Gasteiger partial charge in [-0.1, -0.05) is 41.0 Å². The molecule has 204 valence electrons. The van der Waals surface area contributed by atoms with Crippen molar-refractivity contribution in [1.29, 1.82) is 0 Å². The van der Waals surface area contributed by atoms with Gasteiger partial charge in [0.05, 0.1) is 6.04 Å². The number of rotatable bonds is 7.